The lowest BCUT2D eigenvalue weighted by Gasteiger charge is -2.08. The number of H-pyrrole nitrogens is 1. The standard InChI is InChI=1S/C18H18N8/c1-2-11-3-5-12(6-4-11)10-20-17-22-16(19)23-18(24-17)21-15-9-14(25-26-15)13-7-8-13/h1,3-6,9,13H,7-8,10H2,(H5,19,20,21,22,23,24,25,26). The fraction of sp³-hybridized carbons (Fsp3) is 0.222. The van der Waals surface area contributed by atoms with E-state index < -0.39 is 0 Å². The van der Waals surface area contributed by atoms with E-state index in [0.29, 0.717) is 30.2 Å². The molecule has 0 atom stereocenters. The van der Waals surface area contributed by atoms with Gasteiger partial charge in [-0.3, -0.25) is 5.10 Å². The van der Waals surface area contributed by atoms with Crippen molar-refractivity contribution in [1.82, 2.24) is 25.1 Å². The number of nitrogens with zero attached hydrogens (tertiary/aromatic N) is 4. The van der Waals surface area contributed by atoms with E-state index in [9.17, 15) is 0 Å². The van der Waals surface area contributed by atoms with Crippen LogP contribution in [0, 0.1) is 12.3 Å². The normalized spacial score (nSPS) is 13.2. The summed E-state index contributed by atoms with van der Waals surface area (Å²) >= 11 is 0. The van der Waals surface area contributed by atoms with Gasteiger partial charge in [0.2, 0.25) is 17.8 Å². The first-order valence-electron chi connectivity index (χ1n) is 8.33. The minimum Gasteiger partial charge on any atom is -0.368 e. The van der Waals surface area contributed by atoms with Crippen molar-refractivity contribution in [2.45, 2.75) is 25.3 Å². The first-order chi connectivity index (χ1) is 12.7. The SMILES string of the molecule is C#Cc1ccc(CNc2nc(N)nc(Nc3cc(C4CC4)[nH]n3)n2)cc1. The Bertz CT molecular complexity index is 950. The third-order valence-corrected chi connectivity index (χ3v) is 4.08. The van der Waals surface area contributed by atoms with Gasteiger partial charge in [-0.25, -0.2) is 0 Å². The maximum Gasteiger partial charge on any atom is 0.235 e. The summed E-state index contributed by atoms with van der Waals surface area (Å²) in [5, 5.41) is 13.4. The molecule has 2 heterocycles. The number of nitrogens with one attached hydrogen (secondary N) is 3. The van der Waals surface area contributed by atoms with Gasteiger partial charge in [-0.15, -0.1) is 6.42 Å². The number of aromatic amines is 1. The minimum atomic E-state index is 0.130. The van der Waals surface area contributed by atoms with Gasteiger partial charge >= 0.3 is 0 Å². The molecule has 8 heteroatoms. The van der Waals surface area contributed by atoms with Crippen LogP contribution >= 0.6 is 0 Å². The molecule has 3 aromatic rings. The van der Waals surface area contributed by atoms with Crippen molar-refractivity contribution in [2.75, 3.05) is 16.4 Å². The lowest BCUT2D eigenvalue weighted by atomic mass is 10.1. The zero-order valence-corrected chi connectivity index (χ0v) is 14.0. The molecule has 5 N–H and O–H groups in total. The van der Waals surface area contributed by atoms with Crippen LogP contribution in [-0.2, 0) is 6.54 Å². The van der Waals surface area contributed by atoms with Crippen molar-refractivity contribution in [3.63, 3.8) is 0 Å². The number of nitrogen functional groups attached to an aromatic ring is 1. The van der Waals surface area contributed by atoms with Gasteiger partial charge in [-0.2, -0.15) is 20.1 Å². The van der Waals surface area contributed by atoms with E-state index in [2.05, 4.69) is 41.7 Å². The molecule has 1 aliphatic rings. The van der Waals surface area contributed by atoms with Gasteiger partial charge < -0.3 is 16.4 Å². The molecule has 0 unspecified atom stereocenters. The molecule has 0 amide bonds. The molecule has 4 rings (SSSR count). The molecule has 0 aliphatic heterocycles. The van der Waals surface area contributed by atoms with Crippen LogP contribution < -0.4 is 16.4 Å². The first kappa shape index (κ1) is 15.9. The van der Waals surface area contributed by atoms with Gasteiger partial charge in [0.15, 0.2) is 5.82 Å². The van der Waals surface area contributed by atoms with Crippen molar-refractivity contribution in [2.24, 2.45) is 0 Å². The van der Waals surface area contributed by atoms with E-state index in [-0.39, 0.29) is 5.95 Å². The van der Waals surface area contributed by atoms with Crippen LogP contribution in [0.3, 0.4) is 0 Å². The van der Waals surface area contributed by atoms with Crippen LogP contribution in [0.5, 0.6) is 0 Å². The smallest absolute Gasteiger partial charge is 0.235 e. The Morgan fingerprint density at radius 1 is 1.15 bits per heavy atom. The monoisotopic (exact) mass is 346 g/mol. The van der Waals surface area contributed by atoms with Gasteiger partial charge in [0, 0.05) is 29.8 Å². The fourth-order valence-electron chi connectivity index (χ4n) is 2.55. The molecule has 130 valence electrons. The highest BCUT2D eigenvalue weighted by molar-refractivity contribution is 5.51. The third-order valence-electron chi connectivity index (χ3n) is 4.08. The molecule has 1 saturated carbocycles. The summed E-state index contributed by atoms with van der Waals surface area (Å²) in [6.07, 6.45) is 7.77. The Hall–Kier alpha value is -3.60. The molecule has 0 saturated heterocycles. The number of hydrogen-bond acceptors (Lipinski definition) is 7. The second-order valence-electron chi connectivity index (χ2n) is 6.14. The van der Waals surface area contributed by atoms with Crippen LogP contribution in [0.1, 0.15) is 35.6 Å². The molecule has 26 heavy (non-hydrogen) atoms. The molecule has 0 spiro atoms. The molecular formula is C18H18N8. The van der Waals surface area contributed by atoms with Crippen LogP contribution in [0.4, 0.5) is 23.7 Å². The van der Waals surface area contributed by atoms with Gasteiger partial charge in [-0.05, 0) is 30.5 Å². The number of rotatable bonds is 6. The number of benzene rings is 1. The molecule has 1 aromatic carbocycles. The zero-order chi connectivity index (χ0) is 17.9. The van der Waals surface area contributed by atoms with E-state index in [1.807, 2.05) is 30.3 Å². The van der Waals surface area contributed by atoms with Gasteiger partial charge in [0.05, 0.1) is 0 Å². The summed E-state index contributed by atoms with van der Waals surface area (Å²) in [5.74, 6) is 4.71. The topological polar surface area (TPSA) is 117 Å². The summed E-state index contributed by atoms with van der Waals surface area (Å²) in [6.45, 7) is 0.544. The van der Waals surface area contributed by atoms with Gasteiger partial charge in [0.1, 0.15) is 0 Å². The molecular weight excluding hydrogens is 328 g/mol. The Morgan fingerprint density at radius 2 is 1.92 bits per heavy atom. The van der Waals surface area contributed by atoms with Crippen molar-refractivity contribution in [3.8, 4) is 12.3 Å². The molecule has 8 nitrogen and oxygen atoms in total. The van der Waals surface area contributed by atoms with Crippen molar-refractivity contribution in [3.05, 3.63) is 47.2 Å². The number of hydrogen-bond donors (Lipinski definition) is 4. The van der Waals surface area contributed by atoms with Gasteiger partial charge in [0.25, 0.3) is 0 Å². The molecule has 0 bridgehead atoms. The van der Waals surface area contributed by atoms with Crippen LogP contribution in [0.15, 0.2) is 30.3 Å². The van der Waals surface area contributed by atoms with Crippen LogP contribution in [-0.4, -0.2) is 25.1 Å². The number of terminal acetylenes is 1. The van der Waals surface area contributed by atoms with E-state index in [1.54, 1.807) is 0 Å². The highest BCUT2D eigenvalue weighted by Crippen LogP contribution is 2.39. The molecule has 0 radical (unpaired) electrons. The fourth-order valence-corrected chi connectivity index (χ4v) is 2.55. The lowest BCUT2D eigenvalue weighted by molar-refractivity contribution is 0.964. The Labute approximate surface area is 150 Å². The van der Waals surface area contributed by atoms with Crippen molar-refractivity contribution < 1.29 is 0 Å². The van der Waals surface area contributed by atoms with Gasteiger partial charge in [-0.1, -0.05) is 18.1 Å². The van der Waals surface area contributed by atoms with E-state index in [0.717, 1.165) is 16.8 Å². The number of anilines is 4. The van der Waals surface area contributed by atoms with E-state index in [4.69, 9.17) is 12.2 Å². The summed E-state index contributed by atoms with van der Waals surface area (Å²) in [7, 11) is 0. The number of nitrogens with two attached hydrogens (primary N) is 1. The van der Waals surface area contributed by atoms with E-state index >= 15 is 0 Å². The maximum atomic E-state index is 5.79. The predicted molar refractivity (Wildman–Crippen MR) is 99.8 cm³/mol. The average molecular weight is 346 g/mol. The largest absolute Gasteiger partial charge is 0.368 e. The second kappa shape index (κ2) is 6.72. The third kappa shape index (κ3) is 3.72. The highest BCUT2D eigenvalue weighted by Gasteiger charge is 2.25. The average Bonchev–Trinajstić information content (AvgIpc) is 3.40. The summed E-state index contributed by atoms with van der Waals surface area (Å²) in [6, 6.07) is 9.66. The zero-order valence-electron chi connectivity index (χ0n) is 14.0. The van der Waals surface area contributed by atoms with Crippen molar-refractivity contribution >= 4 is 23.7 Å². The predicted octanol–water partition coefficient (Wildman–Crippen LogP) is 2.39. The molecule has 1 fully saturated rings. The van der Waals surface area contributed by atoms with E-state index in [1.165, 1.54) is 12.8 Å². The molecule has 2 aromatic heterocycles. The minimum absolute atomic E-state index is 0.130. The summed E-state index contributed by atoms with van der Waals surface area (Å²) < 4.78 is 0. The highest BCUT2D eigenvalue weighted by atomic mass is 15.3. The van der Waals surface area contributed by atoms with Crippen molar-refractivity contribution in [1.29, 1.82) is 0 Å². The first-order valence-corrected chi connectivity index (χ1v) is 8.33. The van der Waals surface area contributed by atoms with Crippen LogP contribution in [0.2, 0.25) is 0 Å². The molecule has 1 aliphatic carbocycles. The Kier molecular flexibility index (Phi) is 4.11. The summed E-state index contributed by atoms with van der Waals surface area (Å²) in [4.78, 5) is 12.6. The Balaban J connectivity index is 1.43. The Morgan fingerprint density at radius 3 is 2.65 bits per heavy atom. The lowest BCUT2D eigenvalue weighted by Crippen LogP contribution is -2.09. The maximum absolute atomic E-state index is 5.79. The second-order valence-corrected chi connectivity index (χ2v) is 6.14. The quantitative estimate of drug-likeness (QED) is 0.506. The number of aromatic nitrogens is 5. The summed E-state index contributed by atoms with van der Waals surface area (Å²) in [5.41, 5.74) is 8.82. The van der Waals surface area contributed by atoms with Crippen LogP contribution in [0.25, 0.3) is 0 Å².